The van der Waals surface area contributed by atoms with Crippen molar-refractivity contribution in [1.82, 2.24) is 5.32 Å². The highest BCUT2D eigenvalue weighted by atomic mass is 19.1. The molecule has 7 nitrogen and oxygen atoms in total. The number of amides is 1. The third kappa shape index (κ3) is 5.45. The molecule has 0 spiro atoms. The van der Waals surface area contributed by atoms with Gasteiger partial charge in [0.1, 0.15) is 11.9 Å². The Morgan fingerprint density at radius 1 is 1.11 bits per heavy atom. The maximum absolute atomic E-state index is 13.6. The summed E-state index contributed by atoms with van der Waals surface area (Å²) in [4.78, 5) is 13.6. The maximum atomic E-state index is 13.6. The summed E-state index contributed by atoms with van der Waals surface area (Å²) in [5, 5.41) is 12.6. The van der Waals surface area contributed by atoms with Gasteiger partial charge >= 0.3 is 0 Å². The fraction of sp³-hybridized carbons (Fsp3) is 0.500. The van der Waals surface area contributed by atoms with Gasteiger partial charge in [-0.05, 0) is 56.0 Å². The van der Waals surface area contributed by atoms with E-state index >= 15 is 0 Å². The van der Waals surface area contributed by atoms with Crippen molar-refractivity contribution in [1.29, 1.82) is 5.26 Å². The molecule has 1 saturated heterocycles. The minimum Gasteiger partial charge on any atom is -0.371 e. The molecule has 1 amide bonds. The van der Waals surface area contributed by atoms with E-state index in [2.05, 4.69) is 11.4 Å². The molecule has 0 aromatic heterocycles. The molecule has 2 saturated carbocycles. The summed E-state index contributed by atoms with van der Waals surface area (Å²) in [5.41, 5.74) is 0.863. The Bertz CT molecular complexity index is 1140. The van der Waals surface area contributed by atoms with Crippen LogP contribution >= 0.6 is 0 Å². The number of nitrogens with one attached hydrogen (secondary N) is 1. The molecule has 1 heterocycles. The van der Waals surface area contributed by atoms with Crippen molar-refractivity contribution in [3.63, 3.8) is 0 Å². The molecule has 190 valence electrons. The average Bonchev–Trinajstić information content (AvgIpc) is 3.62. The van der Waals surface area contributed by atoms with Gasteiger partial charge in [0, 0.05) is 18.9 Å². The zero-order valence-electron chi connectivity index (χ0n) is 20.5. The molecule has 0 unspecified atom stereocenters. The summed E-state index contributed by atoms with van der Waals surface area (Å²) in [6.07, 6.45) is 1.17. The predicted octanol–water partition coefficient (Wildman–Crippen LogP) is 4.13. The molecule has 0 radical (unpaired) electrons. The third-order valence-corrected chi connectivity index (χ3v) is 7.00. The topological polar surface area (TPSA) is 89.8 Å². The molecule has 2 aromatic rings. The Morgan fingerprint density at radius 3 is 2.58 bits per heavy atom. The molecule has 3 aliphatic rings. The van der Waals surface area contributed by atoms with Gasteiger partial charge in [0.2, 0.25) is 0 Å². The number of benzene rings is 2. The smallest absolute Gasteiger partial charge is 0.252 e. The van der Waals surface area contributed by atoms with Crippen molar-refractivity contribution >= 4 is 5.91 Å². The Morgan fingerprint density at radius 2 is 1.86 bits per heavy atom. The lowest BCUT2D eigenvalue weighted by Crippen LogP contribution is -2.60. The van der Waals surface area contributed by atoms with Gasteiger partial charge in [-0.15, -0.1) is 0 Å². The monoisotopic (exact) mass is 494 g/mol. The molecule has 36 heavy (non-hydrogen) atoms. The van der Waals surface area contributed by atoms with Crippen molar-refractivity contribution in [2.24, 2.45) is 0 Å². The quantitative estimate of drug-likeness (QED) is 0.594. The van der Waals surface area contributed by atoms with E-state index in [9.17, 15) is 14.4 Å². The molecular weight excluding hydrogens is 463 g/mol. The van der Waals surface area contributed by atoms with Crippen molar-refractivity contribution in [2.45, 2.75) is 88.5 Å². The molecular formula is C28H31FN2O5. The summed E-state index contributed by atoms with van der Waals surface area (Å²) >= 11 is 0. The first-order valence-corrected chi connectivity index (χ1v) is 12.4. The molecule has 0 bridgehead atoms. The summed E-state index contributed by atoms with van der Waals surface area (Å²) in [6.45, 7) is 4.03. The maximum Gasteiger partial charge on any atom is 0.252 e. The predicted molar refractivity (Wildman–Crippen MR) is 128 cm³/mol. The van der Waals surface area contributed by atoms with Gasteiger partial charge in [0.15, 0.2) is 11.4 Å². The van der Waals surface area contributed by atoms with Gasteiger partial charge in [-0.25, -0.2) is 4.39 Å². The van der Waals surface area contributed by atoms with E-state index in [1.165, 1.54) is 12.1 Å². The van der Waals surface area contributed by atoms with Gasteiger partial charge in [0.25, 0.3) is 5.91 Å². The highest BCUT2D eigenvalue weighted by molar-refractivity contribution is 5.86. The molecule has 1 aliphatic heterocycles. The fourth-order valence-electron chi connectivity index (χ4n) is 5.01. The fourth-order valence-corrected chi connectivity index (χ4v) is 5.01. The molecule has 8 heteroatoms. The standard InChI is InChI=1S/C28H31FN2O5/c1-27(2)35-24-14-28(26(32)31-22-11-12-22,34-16-18-7-9-21(29)10-8-18)13-23(25(24)36-27)33-17-20-6-4-3-5-19(20)15-30/h3-10,22-25H,11-14,16-17H2,1-2H3,(H,31,32)/t23-,24+,25-,28+/m0/s1. The molecule has 2 aromatic carbocycles. The first-order chi connectivity index (χ1) is 17.3. The second-order valence-electron chi connectivity index (χ2n) is 10.3. The number of carbonyl (C=O) groups is 1. The zero-order chi connectivity index (χ0) is 25.3. The average molecular weight is 495 g/mol. The first kappa shape index (κ1) is 24.8. The second kappa shape index (κ2) is 9.91. The van der Waals surface area contributed by atoms with Crippen LogP contribution in [0.25, 0.3) is 0 Å². The minimum atomic E-state index is -1.21. The Hall–Kier alpha value is -2.83. The van der Waals surface area contributed by atoms with Crippen LogP contribution < -0.4 is 5.32 Å². The summed E-state index contributed by atoms with van der Waals surface area (Å²) in [6, 6.07) is 15.7. The normalized spacial score (nSPS) is 28.8. The van der Waals surface area contributed by atoms with E-state index in [0.29, 0.717) is 12.0 Å². The Balaban J connectivity index is 1.41. The third-order valence-electron chi connectivity index (χ3n) is 7.00. The van der Waals surface area contributed by atoms with E-state index in [0.717, 1.165) is 24.0 Å². The highest BCUT2D eigenvalue weighted by Crippen LogP contribution is 2.44. The number of hydrogen-bond donors (Lipinski definition) is 1. The summed E-state index contributed by atoms with van der Waals surface area (Å²) in [5.74, 6) is -1.35. The van der Waals surface area contributed by atoms with Crippen LogP contribution in [0.5, 0.6) is 0 Å². The largest absolute Gasteiger partial charge is 0.371 e. The number of hydrogen-bond acceptors (Lipinski definition) is 6. The molecule has 3 fully saturated rings. The van der Waals surface area contributed by atoms with Crippen molar-refractivity contribution in [3.8, 4) is 6.07 Å². The van der Waals surface area contributed by atoms with Gasteiger partial charge in [-0.2, -0.15) is 5.26 Å². The molecule has 1 N–H and O–H groups in total. The highest BCUT2D eigenvalue weighted by Gasteiger charge is 2.58. The molecule has 4 atom stereocenters. The number of nitriles is 1. The lowest BCUT2D eigenvalue weighted by Gasteiger charge is -2.43. The number of halogens is 1. The van der Waals surface area contributed by atoms with Crippen LogP contribution in [0.3, 0.4) is 0 Å². The first-order valence-electron chi connectivity index (χ1n) is 12.4. The number of rotatable bonds is 8. The van der Waals surface area contributed by atoms with Gasteiger partial charge < -0.3 is 24.3 Å². The van der Waals surface area contributed by atoms with E-state index in [-0.39, 0.29) is 43.5 Å². The number of fused-ring (bicyclic) bond motifs is 1. The minimum absolute atomic E-state index is 0.143. The summed E-state index contributed by atoms with van der Waals surface area (Å²) < 4.78 is 38.6. The lowest BCUT2D eigenvalue weighted by atomic mass is 9.78. The number of carbonyl (C=O) groups excluding carboxylic acids is 1. The summed E-state index contributed by atoms with van der Waals surface area (Å²) in [7, 11) is 0. The van der Waals surface area contributed by atoms with Crippen LogP contribution in [0.1, 0.15) is 56.2 Å². The molecule has 2 aliphatic carbocycles. The van der Waals surface area contributed by atoms with E-state index < -0.39 is 23.6 Å². The Kier molecular flexibility index (Phi) is 6.84. The molecule has 5 rings (SSSR count). The number of nitrogens with zero attached hydrogens (tertiary/aromatic N) is 1. The zero-order valence-corrected chi connectivity index (χ0v) is 20.5. The van der Waals surface area contributed by atoms with E-state index in [4.69, 9.17) is 18.9 Å². The van der Waals surface area contributed by atoms with Crippen molar-refractivity contribution in [2.75, 3.05) is 0 Å². The van der Waals surface area contributed by atoms with Gasteiger partial charge in [0.05, 0.1) is 37.1 Å². The van der Waals surface area contributed by atoms with E-state index in [1.807, 2.05) is 32.0 Å². The van der Waals surface area contributed by atoms with Gasteiger partial charge in [-0.3, -0.25) is 4.79 Å². The SMILES string of the molecule is CC1(C)O[C@H]2[C@@H](OCc3ccccc3C#N)C[C@](OCc3ccc(F)cc3)(C(=O)NC3CC3)C[C@H]2O1. The van der Waals surface area contributed by atoms with Gasteiger partial charge in [-0.1, -0.05) is 30.3 Å². The van der Waals surface area contributed by atoms with Crippen LogP contribution in [0.4, 0.5) is 4.39 Å². The van der Waals surface area contributed by atoms with Crippen LogP contribution in [0, 0.1) is 17.1 Å². The van der Waals surface area contributed by atoms with Crippen LogP contribution in [0.2, 0.25) is 0 Å². The number of ether oxygens (including phenoxy) is 4. The van der Waals surface area contributed by atoms with Crippen LogP contribution in [-0.4, -0.2) is 41.6 Å². The Labute approximate surface area is 210 Å². The van der Waals surface area contributed by atoms with Crippen LogP contribution in [-0.2, 0) is 37.0 Å². The lowest BCUT2D eigenvalue weighted by molar-refractivity contribution is -0.183. The van der Waals surface area contributed by atoms with Crippen LogP contribution in [0.15, 0.2) is 48.5 Å². The van der Waals surface area contributed by atoms with Crippen molar-refractivity contribution < 1.29 is 28.1 Å². The van der Waals surface area contributed by atoms with E-state index in [1.54, 1.807) is 18.2 Å². The van der Waals surface area contributed by atoms with Crippen molar-refractivity contribution in [3.05, 3.63) is 71.0 Å². The second-order valence-corrected chi connectivity index (χ2v) is 10.3.